The summed E-state index contributed by atoms with van der Waals surface area (Å²) in [6.45, 7) is -2.61. The second-order valence-corrected chi connectivity index (χ2v) is 7.78. The normalized spacial score (nSPS) is 18.8. The lowest BCUT2D eigenvalue weighted by molar-refractivity contribution is -0.138. The van der Waals surface area contributed by atoms with Crippen molar-refractivity contribution in [2.24, 2.45) is 5.73 Å². The van der Waals surface area contributed by atoms with Crippen LogP contribution in [-0.2, 0) is 9.59 Å². The van der Waals surface area contributed by atoms with Crippen LogP contribution in [0.4, 0.5) is 0 Å². The lowest BCUT2D eigenvalue weighted by atomic mass is 10.1. The summed E-state index contributed by atoms with van der Waals surface area (Å²) in [6, 6.07) is -1.06. The lowest BCUT2D eigenvalue weighted by Gasteiger charge is -2.20. The number of aliphatic hydroxyl groups is 1. The van der Waals surface area contributed by atoms with Crippen molar-refractivity contribution < 1.29 is 31.8 Å². The Kier molecular flexibility index (Phi) is 12.8. The van der Waals surface area contributed by atoms with Crippen molar-refractivity contribution in [3.05, 3.63) is 48.6 Å². The Hall–Kier alpha value is -1.83. The van der Waals surface area contributed by atoms with Crippen molar-refractivity contribution in [2.45, 2.75) is 75.6 Å². The number of aliphatic hydroxyl groups excluding tert-OH is 1. The van der Waals surface area contributed by atoms with E-state index in [-0.39, 0.29) is 25.0 Å². The molecular weight excluding hydrogens is 402 g/mol. The molecule has 0 aliphatic heterocycles. The van der Waals surface area contributed by atoms with Gasteiger partial charge in [-0.3, -0.25) is 9.59 Å². The minimum absolute atomic E-state index is 0.0193. The van der Waals surface area contributed by atoms with E-state index in [4.69, 9.17) is 22.8 Å². The standard InChI is InChI=1S/C23H37NO5S/c1-2-3-4-5-6-7-8-9-10-11-12-13-16-21(30-18-19(24)23(28)29)20(25)15-14-17-22(26)27/h6-7,9-13,16,19-21,25H,2-5,8,14-15,17-18,24H2,1H3,(H,26,27)(H,28,29)/b7-6-,10-9-,12-11+,16-13+/t19-,20-,21+/m0/s1/i1D3,2D2. The van der Waals surface area contributed by atoms with Gasteiger partial charge in [-0.05, 0) is 32.1 Å². The summed E-state index contributed by atoms with van der Waals surface area (Å²) >= 11 is 1.20. The minimum atomic E-state index is -2.61. The molecule has 0 saturated heterocycles. The zero-order valence-corrected chi connectivity index (χ0v) is 18.0. The molecule has 0 saturated carbocycles. The van der Waals surface area contributed by atoms with Crippen LogP contribution in [0.5, 0.6) is 0 Å². The van der Waals surface area contributed by atoms with Crippen molar-refractivity contribution in [1.82, 2.24) is 0 Å². The fourth-order valence-corrected chi connectivity index (χ4v) is 3.40. The van der Waals surface area contributed by atoms with Gasteiger partial charge in [0.1, 0.15) is 6.04 Å². The largest absolute Gasteiger partial charge is 0.481 e. The second-order valence-electron chi connectivity index (χ2n) is 6.57. The van der Waals surface area contributed by atoms with Crippen molar-refractivity contribution in [3.8, 4) is 0 Å². The summed E-state index contributed by atoms with van der Waals surface area (Å²) in [5.74, 6) is -1.96. The van der Waals surface area contributed by atoms with Gasteiger partial charge in [-0.2, -0.15) is 0 Å². The molecule has 30 heavy (non-hydrogen) atoms. The molecule has 7 heteroatoms. The number of allylic oxidation sites excluding steroid dienone is 7. The van der Waals surface area contributed by atoms with Crippen LogP contribution in [-0.4, -0.2) is 50.4 Å². The Morgan fingerprint density at radius 3 is 2.57 bits per heavy atom. The zero-order valence-electron chi connectivity index (χ0n) is 22.2. The van der Waals surface area contributed by atoms with E-state index in [1.54, 1.807) is 24.3 Å². The Morgan fingerprint density at radius 2 is 1.87 bits per heavy atom. The van der Waals surface area contributed by atoms with E-state index in [1.165, 1.54) is 11.8 Å². The van der Waals surface area contributed by atoms with E-state index in [0.29, 0.717) is 25.7 Å². The molecule has 0 aromatic rings. The molecule has 5 N–H and O–H groups in total. The molecular formula is C23H37NO5S. The van der Waals surface area contributed by atoms with Crippen LogP contribution in [0.3, 0.4) is 0 Å². The van der Waals surface area contributed by atoms with Crippen LogP contribution in [0.2, 0.25) is 0 Å². The second kappa shape index (κ2) is 19.2. The number of hydrogen-bond donors (Lipinski definition) is 4. The Morgan fingerprint density at radius 1 is 1.10 bits per heavy atom. The van der Waals surface area contributed by atoms with Crippen molar-refractivity contribution in [2.75, 3.05) is 5.75 Å². The summed E-state index contributed by atoms with van der Waals surface area (Å²) in [7, 11) is 0. The fraction of sp³-hybridized carbons (Fsp3) is 0.565. The van der Waals surface area contributed by atoms with Crippen LogP contribution in [0, 0.1) is 0 Å². The summed E-state index contributed by atoms with van der Waals surface area (Å²) in [5.41, 5.74) is 5.53. The van der Waals surface area contributed by atoms with Crippen LogP contribution in [0.1, 0.15) is 65.0 Å². The highest BCUT2D eigenvalue weighted by Gasteiger charge is 2.20. The molecule has 6 nitrogen and oxygen atoms in total. The number of hydrogen-bond acceptors (Lipinski definition) is 5. The maximum Gasteiger partial charge on any atom is 0.321 e. The van der Waals surface area contributed by atoms with Gasteiger partial charge in [0.05, 0.1) is 6.10 Å². The molecule has 0 rings (SSSR count). The van der Waals surface area contributed by atoms with Gasteiger partial charge in [0.2, 0.25) is 0 Å². The number of thioether (sulfide) groups is 1. The van der Waals surface area contributed by atoms with Gasteiger partial charge >= 0.3 is 11.9 Å². The van der Waals surface area contributed by atoms with Gasteiger partial charge in [-0.25, -0.2) is 0 Å². The first-order valence-electron chi connectivity index (χ1n) is 12.4. The molecule has 0 aliphatic carbocycles. The van der Waals surface area contributed by atoms with Gasteiger partial charge in [-0.1, -0.05) is 68.3 Å². The van der Waals surface area contributed by atoms with Crippen LogP contribution in [0.15, 0.2) is 48.6 Å². The monoisotopic (exact) mass is 444 g/mol. The Bertz CT molecular complexity index is 753. The van der Waals surface area contributed by atoms with E-state index in [2.05, 4.69) is 0 Å². The number of rotatable bonds is 18. The number of nitrogens with two attached hydrogens (primary N) is 1. The van der Waals surface area contributed by atoms with Crippen LogP contribution < -0.4 is 5.73 Å². The Labute approximate surface area is 191 Å². The molecule has 0 bridgehead atoms. The quantitative estimate of drug-likeness (QED) is 0.141. The van der Waals surface area contributed by atoms with Crippen molar-refractivity contribution >= 4 is 23.7 Å². The maximum absolute atomic E-state index is 10.9. The molecule has 0 unspecified atom stereocenters. The molecule has 0 aromatic heterocycles. The molecule has 0 aromatic carbocycles. The van der Waals surface area contributed by atoms with Gasteiger partial charge in [0.25, 0.3) is 0 Å². The lowest BCUT2D eigenvalue weighted by Crippen LogP contribution is -2.34. The molecule has 0 aliphatic rings. The number of aliphatic carboxylic acids is 2. The summed E-state index contributed by atoms with van der Waals surface area (Å²) in [5, 5.41) is 27.6. The number of carboxylic acid groups (broad SMARTS) is 2. The average molecular weight is 445 g/mol. The fourth-order valence-electron chi connectivity index (χ4n) is 2.27. The molecule has 3 atom stereocenters. The number of carboxylic acids is 2. The summed E-state index contributed by atoms with van der Waals surface area (Å²) in [4.78, 5) is 21.6. The van der Waals surface area contributed by atoms with E-state index in [9.17, 15) is 14.7 Å². The highest BCUT2D eigenvalue weighted by molar-refractivity contribution is 8.00. The highest BCUT2D eigenvalue weighted by atomic mass is 32.2. The number of carbonyl (C=O) groups is 2. The highest BCUT2D eigenvalue weighted by Crippen LogP contribution is 2.21. The third-order valence-electron chi connectivity index (χ3n) is 3.94. The maximum atomic E-state index is 10.9. The zero-order chi connectivity index (χ0) is 26.9. The third-order valence-corrected chi connectivity index (χ3v) is 5.34. The van der Waals surface area contributed by atoms with E-state index < -0.39 is 42.6 Å². The minimum Gasteiger partial charge on any atom is -0.481 e. The Balaban J connectivity index is 4.52. The molecule has 170 valence electrons. The first-order valence-corrected chi connectivity index (χ1v) is 11.0. The molecule has 0 heterocycles. The van der Waals surface area contributed by atoms with Gasteiger partial charge in [-0.15, -0.1) is 11.8 Å². The molecule has 0 spiro atoms. The molecule has 0 fully saturated rings. The van der Waals surface area contributed by atoms with Crippen molar-refractivity contribution in [3.63, 3.8) is 0 Å². The smallest absolute Gasteiger partial charge is 0.321 e. The molecule has 0 radical (unpaired) electrons. The van der Waals surface area contributed by atoms with E-state index in [0.717, 1.165) is 0 Å². The molecule has 0 amide bonds. The predicted octanol–water partition coefficient (Wildman–Crippen LogP) is 4.31. The topological polar surface area (TPSA) is 121 Å². The summed E-state index contributed by atoms with van der Waals surface area (Å²) in [6.07, 6.45) is 13.7. The van der Waals surface area contributed by atoms with E-state index in [1.807, 2.05) is 24.3 Å². The van der Waals surface area contributed by atoms with E-state index >= 15 is 0 Å². The van der Waals surface area contributed by atoms with Gasteiger partial charge < -0.3 is 21.1 Å². The van der Waals surface area contributed by atoms with Gasteiger partial charge in [0.15, 0.2) is 0 Å². The predicted molar refractivity (Wildman–Crippen MR) is 125 cm³/mol. The van der Waals surface area contributed by atoms with Crippen LogP contribution in [0.25, 0.3) is 0 Å². The third kappa shape index (κ3) is 17.1. The number of unbranched alkanes of at least 4 members (excludes halogenated alkanes) is 1. The first-order chi connectivity index (χ1) is 16.3. The SMILES string of the molecule is [2H]C([2H])([2H])C([2H])([2H])CCC/C=C\C\C=C/C=C/C=C/[C@@H](SC[C@H](N)C(=O)O)[C@@H](O)CCCC(=O)O. The summed E-state index contributed by atoms with van der Waals surface area (Å²) < 4.78 is 36.6. The van der Waals surface area contributed by atoms with Crippen LogP contribution >= 0.6 is 11.8 Å². The average Bonchev–Trinajstić information content (AvgIpc) is 2.74. The first kappa shape index (κ1) is 20.1. The van der Waals surface area contributed by atoms with Gasteiger partial charge in [0, 0.05) is 24.3 Å². The van der Waals surface area contributed by atoms with Crippen molar-refractivity contribution in [1.29, 1.82) is 0 Å².